The van der Waals surface area contributed by atoms with Crippen LogP contribution in [-0.4, -0.2) is 34.1 Å². The summed E-state index contributed by atoms with van der Waals surface area (Å²) in [5.74, 6) is 0. The van der Waals surface area contributed by atoms with Crippen LogP contribution in [0.2, 0.25) is 5.02 Å². The standard InChI is InChI=1S/C15H22ClN3S/c1-11(2)18(3)8-4-5-9-19-14-10-12(16)6-7-13(14)17-15(19)20/h6-7,10-11H,4-5,8-9H2,1-3H3,(H,17,20). The summed E-state index contributed by atoms with van der Waals surface area (Å²) < 4.78 is 2.92. The summed E-state index contributed by atoms with van der Waals surface area (Å²) in [7, 11) is 2.17. The Morgan fingerprint density at radius 2 is 2.10 bits per heavy atom. The van der Waals surface area contributed by atoms with Gasteiger partial charge in [0.15, 0.2) is 4.77 Å². The third-order valence-electron chi connectivity index (χ3n) is 3.76. The maximum atomic E-state index is 6.07. The highest BCUT2D eigenvalue weighted by Gasteiger charge is 2.06. The molecule has 0 fully saturated rings. The van der Waals surface area contributed by atoms with Gasteiger partial charge in [0, 0.05) is 17.6 Å². The molecule has 0 amide bonds. The maximum absolute atomic E-state index is 6.07. The summed E-state index contributed by atoms with van der Waals surface area (Å²) >= 11 is 11.5. The van der Waals surface area contributed by atoms with Crippen molar-refractivity contribution in [3.8, 4) is 0 Å². The fourth-order valence-corrected chi connectivity index (χ4v) is 2.70. The van der Waals surface area contributed by atoms with Crippen LogP contribution in [0.1, 0.15) is 26.7 Å². The quantitative estimate of drug-likeness (QED) is 0.628. The van der Waals surface area contributed by atoms with Gasteiger partial charge in [-0.15, -0.1) is 0 Å². The van der Waals surface area contributed by atoms with Gasteiger partial charge in [-0.05, 0) is 70.7 Å². The number of hydrogen-bond donors (Lipinski definition) is 1. The number of halogens is 1. The average Bonchev–Trinajstić information content (AvgIpc) is 2.70. The minimum atomic E-state index is 0.601. The first-order chi connectivity index (χ1) is 9.49. The predicted molar refractivity (Wildman–Crippen MR) is 89.1 cm³/mol. The first-order valence-corrected chi connectivity index (χ1v) is 7.86. The van der Waals surface area contributed by atoms with Crippen molar-refractivity contribution in [2.45, 2.75) is 39.3 Å². The van der Waals surface area contributed by atoms with E-state index in [-0.39, 0.29) is 0 Å². The van der Waals surface area contributed by atoms with Gasteiger partial charge in [0.25, 0.3) is 0 Å². The first-order valence-electron chi connectivity index (χ1n) is 7.07. The van der Waals surface area contributed by atoms with E-state index in [1.54, 1.807) is 0 Å². The van der Waals surface area contributed by atoms with Crippen LogP contribution in [-0.2, 0) is 6.54 Å². The van der Waals surface area contributed by atoms with E-state index >= 15 is 0 Å². The van der Waals surface area contributed by atoms with Crippen molar-refractivity contribution in [2.75, 3.05) is 13.6 Å². The zero-order chi connectivity index (χ0) is 14.7. The highest BCUT2D eigenvalue weighted by Crippen LogP contribution is 2.19. The molecular formula is C15H22ClN3S. The lowest BCUT2D eigenvalue weighted by atomic mass is 10.2. The molecule has 110 valence electrons. The molecule has 5 heteroatoms. The Kier molecular flexibility index (Phi) is 5.24. The minimum Gasteiger partial charge on any atom is -0.331 e. The van der Waals surface area contributed by atoms with Crippen molar-refractivity contribution in [3.63, 3.8) is 0 Å². The monoisotopic (exact) mass is 311 g/mol. The molecule has 0 saturated carbocycles. The van der Waals surface area contributed by atoms with E-state index in [9.17, 15) is 0 Å². The van der Waals surface area contributed by atoms with Crippen LogP contribution < -0.4 is 0 Å². The van der Waals surface area contributed by atoms with Crippen molar-refractivity contribution >= 4 is 34.9 Å². The number of aromatic nitrogens is 2. The molecule has 0 bridgehead atoms. The number of imidazole rings is 1. The molecule has 3 nitrogen and oxygen atoms in total. The zero-order valence-electron chi connectivity index (χ0n) is 12.3. The smallest absolute Gasteiger partial charge is 0.178 e. The molecule has 0 saturated heterocycles. The van der Waals surface area contributed by atoms with Crippen LogP contribution in [0.3, 0.4) is 0 Å². The number of rotatable bonds is 6. The van der Waals surface area contributed by atoms with E-state index < -0.39 is 0 Å². The van der Waals surface area contributed by atoms with Gasteiger partial charge in [0.05, 0.1) is 11.0 Å². The second-order valence-corrected chi connectivity index (χ2v) is 6.35. The Bertz CT molecular complexity index is 630. The summed E-state index contributed by atoms with van der Waals surface area (Å²) in [5, 5.41) is 0.750. The number of nitrogens with one attached hydrogen (secondary N) is 1. The van der Waals surface area contributed by atoms with Gasteiger partial charge in [-0.1, -0.05) is 11.6 Å². The van der Waals surface area contributed by atoms with E-state index in [0.717, 1.165) is 40.3 Å². The molecule has 0 spiro atoms. The molecule has 1 aromatic heterocycles. The van der Waals surface area contributed by atoms with Crippen LogP contribution in [0.5, 0.6) is 0 Å². The van der Waals surface area contributed by atoms with Gasteiger partial charge in [-0.3, -0.25) is 0 Å². The molecule has 1 heterocycles. The molecule has 0 radical (unpaired) electrons. The van der Waals surface area contributed by atoms with E-state index in [2.05, 4.69) is 35.3 Å². The van der Waals surface area contributed by atoms with Gasteiger partial charge in [-0.25, -0.2) is 0 Å². The summed E-state index contributed by atoms with van der Waals surface area (Å²) in [4.78, 5) is 5.60. The number of unbranched alkanes of at least 4 members (excludes halogenated alkanes) is 1. The summed E-state index contributed by atoms with van der Waals surface area (Å²) in [6.45, 7) is 6.49. The van der Waals surface area contributed by atoms with Crippen molar-refractivity contribution in [1.82, 2.24) is 14.5 Å². The Labute approximate surface area is 130 Å². The number of aryl methyl sites for hydroxylation is 1. The number of benzene rings is 1. The fraction of sp³-hybridized carbons (Fsp3) is 0.533. The minimum absolute atomic E-state index is 0.601. The molecule has 0 aliphatic heterocycles. The highest BCUT2D eigenvalue weighted by molar-refractivity contribution is 7.71. The topological polar surface area (TPSA) is 24.0 Å². The number of hydrogen-bond acceptors (Lipinski definition) is 2. The lowest BCUT2D eigenvalue weighted by molar-refractivity contribution is 0.266. The molecule has 20 heavy (non-hydrogen) atoms. The average molecular weight is 312 g/mol. The Balaban J connectivity index is 2.01. The molecule has 0 aliphatic rings. The van der Waals surface area contributed by atoms with E-state index in [1.807, 2.05) is 18.2 Å². The molecule has 0 unspecified atom stereocenters. The van der Waals surface area contributed by atoms with Crippen LogP contribution in [0, 0.1) is 4.77 Å². The molecular weight excluding hydrogens is 290 g/mol. The lowest BCUT2D eigenvalue weighted by Crippen LogP contribution is -2.27. The Morgan fingerprint density at radius 1 is 1.35 bits per heavy atom. The fourth-order valence-electron chi connectivity index (χ4n) is 2.24. The molecule has 0 aliphatic carbocycles. The summed E-state index contributed by atoms with van der Waals surface area (Å²) in [5.41, 5.74) is 2.15. The van der Waals surface area contributed by atoms with Crippen molar-refractivity contribution < 1.29 is 0 Å². The molecule has 1 aromatic carbocycles. The third-order valence-corrected chi connectivity index (χ3v) is 4.32. The van der Waals surface area contributed by atoms with Crippen LogP contribution >= 0.6 is 23.8 Å². The molecule has 1 N–H and O–H groups in total. The van der Waals surface area contributed by atoms with Gasteiger partial charge in [0.1, 0.15) is 0 Å². The highest BCUT2D eigenvalue weighted by atomic mass is 35.5. The zero-order valence-corrected chi connectivity index (χ0v) is 13.9. The van der Waals surface area contributed by atoms with Crippen LogP contribution in [0.4, 0.5) is 0 Å². The molecule has 2 rings (SSSR count). The van der Waals surface area contributed by atoms with Gasteiger partial charge < -0.3 is 14.5 Å². The van der Waals surface area contributed by atoms with Crippen molar-refractivity contribution in [1.29, 1.82) is 0 Å². The van der Waals surface area contributed by atoms with Crippen molar-refractivity contribution in [3.05, 3.63) is 28.0 Å². The SMILES string of the molecule is CC(C)N(C)CCCCn1c(=S)[nH]c2ccc(Cl)cc21. The van der Waals surface area contributed by atoms with E-state index in [0.29, 0.717) is 6.04 Å². The second kappa shape index (κ2) is 6.74. The number of fused-ring (bicyclic) bond motifs is 1. The first kappa shape index (κ1) is 15.5. The maximum Gasteiger partial charge on any atom is 0.178 e. The largest absolute Gasteiger partial charge is 0.331 e. The summed E-state index contributed by atoms with van der Waals surface area (Å²) in [6, 6.07) is 6.45. The third kappa shape index (κ3) is 3.62. The number of nitrogens with zero attached hydrogens (tertiary/aromatic N) is 2. The number of H-pyrrole nitrogens is 1. The Morgan fingerprint density at radius 3 is 2.80 bits per heavy atom. The molecule has 2 aromatic rings. The van der Waals surface area contributed by atoms with Gasteiger partial charge in [0.2, 0.25) is 0 Å². The van der Waals surface area contributed by atoms with E-state index in [1.165, 1.54) is 6.42 Å². The van der Waals surface area contributed by atoms with Crippen LogP contribution in [0.15, 0.2) is 18.2 Å². The van der Waals surface area contributed by atoms with Crippen molar-refractivity contribution in [2.24, 2.45) is 0 Å². The van der Waals surface area contributed by atoms with Gasteiger partial charge >= 0.3 is 0 Å². The Hall–Kier alpha value is -0.840. The summed E-state index contributed by atoms with van der Waals surface area (Å²) in [6.07, 6.45) is 2.29. The normalized spacial score (nSPS) is 11.9. The van der Waals surface area contributed by atoms with E-state index in [4.69, 9.17) is 23.8 Å². The van der Waals surface area contributed by atoms with Crippen LogP contribution in [0.25, 0.3) is 11.0 Å². The second-order valence-electron chi connectivity index (χ2n) is 5.52. The predicted octanol–water partition coefficient (Wildman–Crippen LogP) is 4.47. The number of aromatic amines is 1. The molecule has 0 atom stereocenters. The lowest BCUT2D eigenvalue weighted by Gasteiger charge is -2.20. The van der Waals surface area contributed by atoms with Gasteiger partial charge in [-0.2, -0.15) is 0 Å².